The van der Waals surface area contributed by atoms with Crippen LogP contribution in [0.25, 0.3) is 6.08 Å². The molecule has 0 saturated heterocycles. The predicted octanol–water partition coefficient (Wildman–Crippen LogP) is 4.33. The van der Waals surface area contributed by atoms with Crippen molar-refractivity contribution in [3.8, 4) is 6.07 Å². The van der Waals surface area contributed by atoms with E-state index in [-0.39, 0.29) is 9.92 Å². The van der Waals surface area contributed by atoms with Gasteiger partial charge in [-0.3, -0.25) is 0 Å². The first kappa shape index (κ1) is 15.6. The summed E-state index contributed by atoms with van der Waals surface area (Å²) in [6.07, 6.45) is 1.22. The van der Waals surface area contributed by atoms with Gasteiger partial charge in [-0.25, -0.2) is 8.42 Å². The number of sulfone groups is 1. The first-order chi connectivity index (χ1) is 9.96. The van der Waals surface area contributed by atoms with E-state index in [1.54, 1.807) is 42.5 Å². The highest BCUT2D eigenvalue weighted by Crippen LogP contribution is 2.29. The maximum absolute atomic E-state index is 12.4. The van der Waals surface area contributed by atoms with Crippen molar-refractivity contribution in [1.29, 1.82) is 5.26 Å². The molecule has 0 saturated carbocycles. The summed E-state index contributed by atoms with van der Waals surface area (Å²) in [5.74, 6) is 0. The monoisotopic (exact) mass is 337 g/mol. The fraction of sp³-hybridized carbons (Fsp3) is 0. The molecule has 0 atom stereocenters. The zero-order chi connectivity index (χ0) is 15.5. The van der Waals surface area contributed by atoms with E-state index < -0.39 is 14.7 Å². The highest BCUT2D eigenvalue weighted by molar-refractivity contribution is 7.95. The number of hydrogen-bond acceptors (Lipinski definition) is 3. The Kier molecular flexibility index (Phi) is 4.69. The molecule has 0 bridgehead atoms. The van der Waals surface area contributed by atoms with E-state index in [1.807, 2.05) is 0 Å². The Morgan fingerprint density at radius 3 is 2.33 bits per heavy atom. The van der Waals surface area contributed by atoms with Crippen LogP contribution in [0.4, 0.5) is 0 Å². The van der Waals surface area contributed by atoms with Crippen LogP contribution in [-0.4, -0.2) is 8.42 Å². The first-order valence-electron chi connectivity index (χ1n) is 5.83. The summed E-state index contributed by atoms with van der Waals surface area (Å²) in [5.41, 5.74) is 0.375. The van der Waals surface area contributed by atoms with E-state index in [0.29, 0.717) is 10.6 Å². The van der Waals surface area contributed by atoms with Gasteiger partial charge in [-0.05, 0) is 29.8 Å². The second-order valence-electron chi connectivity index (χ2n) is 4.08. The highest BCUT2D eigenvalue weighted by atomic mass is 35.5. The Morgan fingerprint density at radius 1 is 1.05 bits per heavy atom. The van der Waals surface area contributed by atoms with Gasteiger partial charge >= 0.3 is 0 Å². The molecule has 0 fully saturated rings. The van der Waals surface area contributed by atoms with Crippen LogP contribution in [0.5, 0.6) is 0 Å². The van der Waals surface area contributed by atoms with Crippen molar-refractivity contribution >= 4 is 39.1 Å². The van der Waals surface area contributed by atoms with Crippen molar-refractivity contribution < 1.29 is 8.42 Å². The maximum Gasteiger partial charge on any atom is 0.216 e. The smallest absolute Gasteiger partial charge is 0.216 e. The van der Waals surface area contributed by atoms with E-state index in [0.717, 1.165) is 0 Å². The van der Waals surface area contributed by atoms with Crippen molar-refractivity contribution in [2.75, 3.05) is 0 Å². The van der Waals surface area contributed by atoms with Gasteiger partial charge in [-0.1, -0.05) is 53.5 Å². The zero-order valence-electron chi connectivity index (χ0n) is 10.6. The number of halogens is 2. The van der Waals surface area contributed by atoms with Gasteiger partial charge < -0.3 is 0 Å². The molecule has 2 aromatic rings. The van der Waals surface area contributed by atoms with E-state index >= 15 is 0 Å². The minimum absolute atomic E-state index is 0.0518. The van der Waals surface area contributed by atoms with Crippen molar-refractivity contribution in [3.63, 3.8) is 0 Å². The fourth-order valence-corrected chi connectivity index (χ4v) is 3.20. The molecule has 0 N–H and O–H groups in total. The SMILES string of the molecule is N#C/C(=C/c1cccc(Cl)c1Cl)S(=O)(=O)c1ccccc1. The van der Waals surface area contributed by atoms with Gasteiger partial charge in [-0.2, -0.15) is 5.26 Å². The lowest BCUT2D eigenvalue weighted by atomic mass is 10.2. The van der Waals surface area contributed by atoms with Crippen LogP contribution in [-0.2, 0) is 9.84 Å². The van der Waals surface area contributed by atoms with Gasteiger partial charge in [0.15, 0.2) is 0 Å². The largest absolute Gasteiger partial charge is 0.218 e. The third kappa shape index (κ3) is 3.27. The van der Waals surface area contributed by atoms with Gasteiger partial charge in [0.25, 0.3) is 0 Å². The first-order valence-corrected chi connectivity index (χ1v) is 8.06. The molecule has 0 amide bonds. The second kappa shape index (κ2) is 6.31. The molecular formula is C15H9Cl2NO2S. The molecule has 0 unspecified atom stereocenters. The second-order valence-corrected chi connectivity index (χ2v) is 6.78. The predicted molar refractivity (Wildman–Crippen MR) is 83.7 cm³/mol. The normalized spacial score (nSPS) is 12.0. The summed E-state index contributed by atoms with van der Waals surface area (Å²) in [4.78, 5) is -0.339. The Bertz CT molecular complexity index is 838. The molecule has 0 aliphatic carbocycles. The van der Waals surface area contributed by atoms with Crippen LogP contribution in [0.2, 0.25) is 10.0 Å². The molecule has 3 nitrogen and oxygen atoms in total. The lowest BCUT2D eigenvalue weighted by molar-refractivity contribution is 0.603. The Morgan fingerprint density at radius 2 is 1.71 bits per heavy atom. The Hall–Kier alpha value is -1.80. The maximum atomic E-state index is 12.4. The highest BCUT2D eigenvalue weighted by Gasteiger charge is 2.20. The molecule has 106 valence electrons. The molecule has 0 aliphatic heterocycles. The number of benzene rings is 2. The quantitative estimate of drug-likeness (QED) is 0.783. The fourth-order valence-electron chi connectivity index (χ4n) is 1.67. The van der Waals surface area contributed by atoms with E-state index in [2.05, 4.69) is 0 Å². The number of rotatable bonds is 3. The number of nitrogens with zero attached hydrogens (tertiary/aromatic N) is 1. The van der Waals surface area contributed by atoms with Gasteiger partial charge in [0.2, 0.25) is 9.84 Å². The van der Waals surface area contributed by atoms with Crippen molar-refractivity contribution in [3.05, 3.63) is 69.0 Å². The summed E-state index contributed by atoms with van der Waals surface area (Å²) in [6, 6.07) is 14.2. The molecule has 2 aromatic carbocycles. The van der Waals surface area contributed by atoms with Crippen LogP contribution >= 0.6 is 23.2 Å². The van der Waals surface area contributed by atoms with E-state index in [4.69, 9.17) is 23.2 Å². The van der Waals surface area contributed by atoms with E-state index in [9.17, 15) is 13.7 Å². The Labute approximate surface area is 133 Å². The van der Waals surface area contributed by atoms with Crippen LogP contribution < -0.4 is 0 Å². The number of allylic oxidation sites excluding steroid dienone is 1. The van der Waals surface area contributed by atoms with Gasteiger partial charge in [0.1, 0.15) is 11.0 Å². The molecule has 0 radical (unpaired) electrons. The van der Waals surface area contributed by atoms with Crippen LogP contribution in [0, 0.1) is 11.3 Å². The molecule has 0 aromatic heterocycles. The molecule has 0 heterocycles. The average Bonchev–Trinajstić information content (AvgIpc) is 2.49. The summed E-state index contributed by atoms with van der Waals surface area (Å²) in [7, 11) is -3.88. The third-order valence-electron chi connectivity index (χ3n) is 2.72. The summed E-state index contributed by atoms with van der Waals surface area (Å²) >= 11 is 11.9. The molecule has 6 heteroatoms. The third-order valence-corrected chi connectivity index (χ3v) is 5.24. The van der Waals surface area contributed by atoms with Crippen LogP contribution in [0.1, 0.15) is 5.56 Å². The number of hydrogen-bond donors (Lipinski definition) is 0. The molecule has 0 aliphatic rings. The van der Waals surface area contributed by atoms with Gasteiger partial charge in [0, 0.05) is 0 Å². The summed E-state index contributed by atoms with van der Waals surface area (Å²) in [5, 5.41) is 9.67. The molecule has 0 spiro atoms. The minimum Gasteiger partial charge on any atom is -0.218 e. The van der Waals surface area contributed by atoms with Crippen LogP contribution in [0.15, 0.2) is 58.3 Å². The summed E-state index contributed by atoms with van der Waals surface area (Å²) < 4.78 is 24.8. The van der Waals surface area contributed by atoms with Crippen LogP contribution in [0.3, 0.4) is 0 Å². The van der Waals surface area contributed by atoms with Crippen molar-refractivity contribution in [1.82, 2.24) is 0 Å². The van der Waals surface area contributed by atoms with Gasteiger partial charge in [-0.15, -0.1) is 0 Å². The number of nitriles is 1. The molecule has 21 heavy (non-hydrogen) atoms. The Balaban J connectivity index is 2.58. The van der Waals surface area contributed by atoms with Gasteiger partial charge in [0.05, 0.1) is 14.9 Å². The van der Waals surface area contributed by atoms with Crippen molar-refractivity contribution in [2.45, 2.75) is 4.90 Å². The van der Waals surface area contributed by atoms with Crippen molar-refractivity contribution in [2.24, 2.45) is 0 Å². The molecule has 2 rings (SSSR count). The standard InChI is InChI=1S/C15H9Cl2NO2S/c16-14-8-4-5-11(15(14)17)9-13(10-18)21(19,20)12-6-2-1-3-7-12/h1-9H/b13-9-. The van der Waals surface area contributed by atoms with E-state index in [1.165, 1.54) is 18.2 Å². The minimum atomic E-state index is -3.88. The lowest BCUT2D eigenvalue weighted by Crippen LogP contribution is -2.03. The zero-order valence-corrected chi connectivity index (χ0v) is 13.0. The average molecular weight is 338 g/mol. The molecular weight excluding hydrogens is 329 g/mol. The lowest BCUT2D eigenvalue weighted by Gasteiger charge is -2.04. The topological polar surface area (TPSA) is 57.9 Å². The summed E-state index contributed by atoms with van der Waals surface area (Å²) in [6.45, 7) is 0.